The van der Waals surface area contributed by atoms with E-state index in [-0.39, 0.29) is 0 Å². The van der Waals surface area contributed by atoms with Gasteiger partial charge in [-0.25, -0.2) is 0 Å². The van der Waals surface area contributed by atoms with Crippen molar-refractivity contribution in [2.45, 2.75) is 0 Å². The summed E-state index contributed by atoms with van der Waals surface area (Å²) in [5.41, 5.74) is 0. The zero-order valence-corrected chi connectivity index (χ0v) is 7.04. The third kappa shape index (κ3) is 9.84. The van der Waals surface area contributed by atoms with Crippen molar-refractivity contribution in [3.63, 3.8) is 0 Å². The van der Waals surface area contributed by atoms with Crippen molar-refractivity contribution in [3.8, 4) is 0 Å². The van der Waals surface area contributed by atoms with Crippen molar-refractivity contribution in [3.05, 3.63) is 6.79 Å². The van der Waals surface area contributed by atoms with E-state index in [1.54, 1.807) is 14.2 Å². The second kappa shape index (κ2) is 9.84. The maximum absolute atomic E-state index is 4.89. The van der Waals surface area contributed by atoms with Gasteiger partial charge in [-0.3, -0.25) is 0 Å². The van der Waals surface area contributed by atoms with E-state index in [1.165, 1.54) is 6.79 Å². The van der Waals surface area contributed by atoms with E-state index in [0.717, 1.165) is 0 Å². The van der Waals surface area contributed by atoms with Gasteiger partial charge in [0.1, 0.15) is 0 Å². The lowest BCUT2D eigenvalue weighted by Crippen LogP contribution is -2.04. The predicted octanol–water partition coefficient (Wildman–Crippen LogP) is 0.432. The highest BCUT2D eigenvalue weighted by Crippen LogP contribution is 1.85. The number of ether oxygens (including phenoxy) is 4. The molecule has 0 N–H and O–H groups in total. The largest absolute Gasteiger partial charge is 0.382 e. The fraction of sp³-hybridized carbons (Fsp3) is 0.857. The molecule has 0 bridgehead atoms. The highest BCUT2D eigenvalue weighted by molar-refractivity contribution is 4.33. The van der Waals surface area contributed by atoms with Crippen LogP contribution in [0.4, 0.5) is 0 Å². The van der Waals surface area contributed by atoms with Gasteiger partial charge in [0.2, 0.25) is 6.79 Å². The summed E-state index contributed by atoms with van der Waals surface area (Å²) in [5, 5.41) is 0. The van der Waals surface area contributed by atoms with Crippen LogP contribution in [0.25, 0.3) is 0 Å². The Morgan fingerprint density at radius 3 is 1.64 bits per heavy atom. The molecule has 0 atom stereocenters. The molecule has 67 valence electrons. The minimum Gasteiger partial charge on any atom is -0.382 e. The van der Waals surface area contributed by atoms with Crippen molar-refractivity contribution in [2.24, 2.45) is 0 Å². The van der Waals surface area contributed by atoms with Crippen LogP contribution in [0.1, 0.15) is 0 Å². The molecule has 0 heterocycles. The van der Waals surface area contributed by atoms with Gasteiger partial charge in [0.05, 0.1) is 26.4 Å². The molecule has 1 radical (unpaired) electrons. The van der Waals surface area contributed by atoms with Crippen LogP contribution < -0.4 is 0 Å². The van der Waals surface area contributed by atoms with E-state index >= 15 is 0 Å². The fourth-order valence-electron chi connectivity index (χ4n) is 0.407. The first-order chi connectivity index (χ1) is 5.41. The predicted molar refractivity (Wildman–Crippen MR) is 40.0 cm³/mol. The van der Waals surface area contributed by atoms with Gasteiger partial charge in [0.15, 0.2) is 0 Å². The van der Waals surface area contributed by atoms with E-state index in [1.807, 2.05) is 0 Å². The second-order valence-corrected chi connectivity index (χ2v) is 1.82. The molecule has 0 unspecified atom stereocenters. The molecule has 0 aliphatic carbocycles. The average Bonchev–Trinajstić information content (AvgIpc) is 2.03. The van der Waals surface area contributed by atoms with Crippen LogP contribution in [0.3, 0.4) is 0 Å². The van der Waals surface area contributed by atoms with Crippen molar-refractivity contribution < 1.29 is 18.9 Å². The van der Waals surface area contributed by atoms with Gasteiger partial charge in [-0.15, -0.1) is 0 Å². The van der Waals surface area contributed by atoms with Gasteiger partial charge in [0.25, 0.3) is 0 Å². The molecule has 0 aromatic carbocycles. The van der Waals surface area contributed by atoms with Crippen LogP contribution in [0, 0.1) is 6.79 Å². The summed E-state index contributed by atoms with van der Waals surface area (Å²) in [7, 11) is 3.24. The molecule has 0 aliphatic rings. The smallest absolute Gasteiger partial charge is 0.209 e. The molecular weight excluding hydrogens is 148 g/mol. The summed E-state index contributed by atoms with van der Waals surface area (Å²) >= 11 is 0. The van der Waals surface area contributed by atoms with Crippen molar-refractivity contribution in [1.82, 2.24) is 0 Å². The number of hydrogen-bond donors (Lipinski definition) is 0. The number of methoxy groups -OCH3 is 2. The van der Waals surface area contributed by atoms with Crippen molar-refractivity contribution in [2.75, 3.05) is 40.6 Å². The zero-order chi connectivity index (χ0) is 8.36. The number of rotatable bonds is 8. The summed E-state index contributed by atoms with van der Waals surface area (Å²) in [6, 6.07) is 0. The fourth-order valence-corrected chi connectivity index (χ4v) is 0.407. The van der Waals surface area contributed by atoms with Gasteiger partial charge in [0, 0.05) is 14.2 Å². The summed E-state index contributed by atoms with van der Waals surface area (Å²) in [6.07, 6.45) is 0. The molecule has 0 saturated heterocycles. The van der Waals surface area contributed by atoms with E-state index < -0.39 is 0 Å². The van der Waals surface area contributed by atoms with Gasteiger partial charge < -0.3 is 18.9 Å². The Morgan fingerprint density at radius 1 is 0.818 bits per heavy atom. The normalized spacial score (nSPS) is 10.4. The first-order valence-corrected chi connectivity index (χ1v) is 3.44. The Balaban J connectivity index is 2.69. The maximum atomic E-state index is 4.89. The summed E-state index contributed by atoms with van der Waals surface area (Å²) < 4.78 is 19.3. The molecule has 11 heavy (non-hydrogen) atoms. The van der Waals surface area contributed by atoms with Crippen LogP contribution in [-0.4, -0.2) is 40.6 Å². The van der Waals surface area contributed by atoms with Crippen LogP contribution in [0.2, 0.25) is 0 Å². The minimum absolute atomic E-state index is 0.517. The summed E-state index contributed by atoms with van der Waals surface area (Å²) in [6.45, 7) is 3.49. The van der Waals surface area contributed by atoms with Gasteiger partial charge in [-0.2, -0.15) is 0 Å². The standard InChI is InChI=1S/C7H15O4/c1-8-3-5-10-7-11-6-4-9-2/h7H,3-6H2,1-2H3. The van der Waals surface area contributed by atoms with E-state index in [4.69, 9.17) is 18.9 Å². The minimum atomic E-state index is 0.517. The van der Waals surface area contributed by atoms with Crippen LogP contribution in [-0.2, 0) is 18.9 Å². The molecule has 0 saturated carbocycles. The molecule has 4 nitrogen and oxygen atoms in total. The molecule has 0 rings (SSSR count). The van der Waals surface area contributed by atoms with Crippen LogP contribution in [0.5, 0.6) is 0 Å². The quantitative estimate of drug-likeness (QED) is 0.486. The average molecular weight is 163 g/mol. The van der Waals surface area contributed by atoms with E-state index in [0.29, 0.717) is 26.4 Å². The Morgan fingerprint density at radius 2 is 1.27 bits per heavy atom. The first-order valence-electron chi connectivity index (χ1n) is 3.44. The lowest BCUT2D eigenvalue weighted by molar-refractivity contribution is -0.0137. The Hall–Kier alpha value is -0.160. The molecule has 0 fully saturated rings. The molecule has 4 heteroatoms. The van der Waals surface area contributed by atoms with Crippen LogP contribution in [0.15, 0.2) is 0 Å². The second-order valence-electron chi connectivity index (χ2n) is 1.82. The third-order valence-corrected chi connectivity index (χ3v) is 0.947. The lowest BCUT2D eigenvalue weighted by atomic mass is 10.8. The highest BCUT2D eigenvalue weighted by atomic mass is 16.7. The summed E-state index contributed by atoms with van der Waals surface area (Å²) in [5.74, 6) is 0. The SMILES string of the molecule is COCCO[CH]OCCOC. The molecule has 0 spiro atoms. The molecule has 0 amide bonds. The molecule has 0 aromatic rings. The van der Waals surface area contributed by atoms with Crippen molar-refractivity contribution >= 4 is 0 Å². The van der Waals surface area contributed by atoms with Crippen LogP contribution >= 0.6 is 0 Å². The van der Waals surface area contributed by atoms with E-state index in [2.05, 4.69) is 0 Å². The molecular formula is C7H15O4. The monoisotopic (exact) mass is 163 g/mol. The third-order valence-electron chi connectivity index (χ3n) is 0.947. The topological polar surface area (TPSA) is 36.9 Å². The van der Waals surface area contributed by atoms with E-state index in [9.17, 15) is 0 Å². The Bertz CT molecular complexity index is 59.5. The molecule has 0 aromatic heterocycles. The van der Waals surface area contributed by atoms with Gasteiger partial charge in [-0.05, 0) is 0 Å². The van der Waals surface area contributed by atoms with Gasteiger partial charge >= 0.3 is 0 Å². The Kier molecular flexibility index (Phi) is 9.70. The summed E-state index contributed by atoms with van der Waals surface area (Å²) in [4.78, 5) is 0. The number of hydrogen-bond acceptors (Lipinski definition) is 4. The molecule has 0 aliphatic heterocycles. The lowest BCUT2D eigenvalue weighted by Gasteiger charge is -2.02. The first kappa shape index (κ1) is 10.8. The zero-order valence-electron chi connectivity index (χ0n) is 7.04. The highest BCUT2D eigenvalue weighted by Gasteiger charge is 1.88. The Labute approximate surface area is 67.4 Å². The van der Waals surface area contributed by atoms with Gasteiger partial charge in [-0.1, -0.05) is 0 Å². The van der Waals surface area contributed by atoms with Crippen molar-refractivity contribution in [1.29, 1.82) is 0 Å². The maximum Gasteiger partial charge on any atom is 0.209 e.